The number of para-hydroxylation sites is 2. The van der Waals surface area contributed by atoms with E-state index in [-0.39, 0.29) is 24.3 Å². The fraction of sp³-hybridized carbons (Fsp3) is 0.125. The maximum atomic E-state index is 13.0. The van der Waals surface area contributed by atoms with Gasteiger partial charge in [0.2, 0.25) is 11.8 Å². The van der Waals surface area contributed by atoms with Crippen LogP contribution < -0.4 is 15.5 Å². The zero-order valence-electron chi connectivity index (χ0n) is 16.9. The van der Waals surface area contributed by atoms with Crippen LogP contribution >= 0.6 is 11.8 Å². The summed E-state index contributed by atoms with van der Waals surface area (Å²) in [4.78, 5) is 39.8. The van der Waals surface area contributed by atoms with Gasteiger partial charge >= 0.3 is 0 Å². The number of amides is 3. The van der Waals surface area contributed by atoms with E-state index in [1.165, 1.54) is 16.7 Å². The van der Waals surface area contributed by atoms with Crippen molar-refractivity contribution in [1.82, 2.24) is 0 Å². The molecule has 156 valence electrons. The zero-order chi connectivity index (χ0) is 21.8. The number of nitrogens with zero attached hydrogens (tertiary/aromatic N) is 1. The second-order valence-electron chi connectivity index (χ2n) is 7.14. The van der Waals surface area contributed by atoms with Crippen molar-refractivity contribution in [1.29, 1.82) is 0 Å². The van der Waals surface area contributed by atoms with Crippen LogP contribution in [0.15, 0.2) is 77.7 Å². The van der Waals surface area contributed by atoms with Crippen LogP contribution in [0.2, 0.25) is 0 Å². The van der Waals surface area contributed by atoms with Gasteiger partial charge in [0.15, 0.2) is 0 Å². The lowest BCUT2D eigenvalue weighted by atomic mass is 10.1. The minimum absolute atomic E-state index is 0.0372. The van der Waals surface area contributed by atoms with Crippen molar-refractivity contribution in [3.05, 3.63) is 83.9 Å². The lowest BCUT2D eigenvalue weighted by Gasteiger charge is -2.29. The number of hydrogen-bond donors (Lipinski definition) is 2. The standard InChI is InChI=1S/C24H21N3O3S/c1-16-6-2-5-9-21(16)31-15-23(29)25-18-12-10-17(11-13-18)24(30)27-14-22(28)26-19-7-3-4-8-20(19)27/h2-13H,14-15H2,1H3,(H,25,29)(H,26,28). The fourth-order valence-electron chi connectivity index (χ4n) is 3.33. The first-order chi connectivity index (χ1) is 15.0. The number of benzene rings is 3. The first-order valence-electron chi connectivity index (χ1n) is 9.80. The first-order valence-corrected chi connectivity index (χ1v) is 10.8. The van der Waals surface area contributed by atoms with E-state index in [1.54, 1.807) is 36.4 Å². The monoisotopic (exact) mass is 431 g/mol. The molecule has 31 heavy (non-hydrogen) atoms. The summed E-state index contributed by atoms with van der Waals surface area (Å²) in [6.07, 6.45) is 0. The summed E-state index contributed by atoms with van der Waals surface area (Å²) in [7, 11) is 0. The third-order valence-electron chi connectivity index (χ3n) is 4.88. The molecule has 3 aromatic rings. The van der Waals surface area contributed by atoms with Crippen molar-refractivity contribution in [3.8, 4) is 0 Å². The predicted octanol–water partition coefficient (Wildman–Crippen LogP) is 4.32. The topological polar surface area (TPSA) is 78.5 Å². The van der Waals surface area contributed by atoms with Crippen molar-refractivity contribution in [2.75, 3.05) is 27.8 Å². The van der Waals surface area contributed by atoms with Gasteiger partial charge in [0.05, 0.1) is 17.1 Å². The van der Waals surface area contributed by atoms with Crippen molar-refractivity contribution in [2.45, 2.75) is 11.8 Å². The molecule has 0 bridgehead atoms. The zero-order valence-corrected chi connectivity index (χ0v) is 17.7. The number of rotatable bonds is 5. The quantitative estimate of drug-likeness (QED) is 0.590. The van der Waals surface area contributed by atoms with Crippen LogP contribution in [-0.2, 0) is 9.59 Å². The highest BCUT2D eigenvalue weighted by Crippen LogP contribution is 2.30. The summed E-state index contributed by atoms with van der Waals surface area (Å²) in [5.74, 6) is -0.322. The SMILES string of the molecule is Cc1ccccc1SCC(=O)Nc1ccc(C(=O)N2CC(=O)Nc3ccccc32)cc1. The molecule has 1 aliphatic rings. The molecule has 6 nitrogen and oxygen atoms in total. The van der Waals surface area contributed by atoms with Gasteiger partial charge in [-0.15, -0.1) is 11.8 Å². The van der Waals surface area contributed by atoms with Crippen molar-refractivity contribution >= 4 is 46.5 Å². The second kappa shape index (κ2) is 9.06. The van der Waals surface area contributed by atoms with Gasteiger partial charge in [-0.25, -0.2) is 0 Å². The predicted molar refractivity (Wildman–Crippen MR) is 124 cm³/mol. The molecular formula is C24H21N3O3S. The van der Waals surface area contributed by atoms with E-state index in [4.69, 9.17) is 0 Å². The van der Waals surface area contributed by atoms with E-state index in [9.17, 15) is 14.4 Å². The lowest BCUT2D eigenvalue weighted by molar-refractivity contribution is -0.115. The third-order valence-corrected chi connectivity index (χ3v) is 6.06. The maximum absolute atomic E-state index is 13.0. The molecule has 3 amide bonds. The average Bonchev–Trinajstić information content (AvgIpc) is 2.78. The van der Waals surface area contributed by atoms with Crippen LogP contribution in [0.1, 0.15) is 15.9 Å². The average molecular weight is 432 g/mol. The summed E-state index contributed by atoms with van der Waals surface area (Å²) in [5, 5.41) is 5.62. The minimum atomic E-state index is -0.268. The normalized spacial score (nSPS) is 12.7. The molecular weight excluding hydrogens is 410 g/mol. The van der Waals surface area contributed by atoms with E-state index in [0.29, 0.717) is 28.4 Å². The molecule has 2 N–H and O–H groups in total. The van der Waals surface area contributed by atoms with E-state index in [1.807, 2.05) is 43.3 Å². The van der Waals surface area contributed by atoms with E-state index in [2.05, 4.69) is 10.6 Å². The Morgan fingerprint density at radius 1 is 1.00 bits per heavy atom. The van der Waals surface area contributed by atoms with Gasteiger partial charge < -0.3 is 10.6 Å². The van der Waals surface area contributed by atoms with Crippen LogP contribution in [0.25, 0.3) is 0 Å². The summed E-state index contributed by atoms with van der Waals surface area (Å²) < 4.78 is 0. The Kier molecular flexibility index (Phi) is 6.04. The highest BCUT2D eigenvalue weighted by atomic mass is 32.2. The summed E-state index contributed by atoms with van der Waals surface area (Å²) in [6, 6.07) is 21.8. The van der Waals surface area contributed by atoms with E-state index < -0.39 is 0 Å². The van der Waals surface area contributed by atoms with Crippen molar-refractivity contribution < 1.29 is 14.4 Å². The van der Waals surface area contributed by atoms with Gasteiger partial charge in [-0.3, -0.25) is 19.3 Å². The van der Waals surface area contributed by atoms with Gasteiger partial charge in [-0.1, -0.05) is 30.3 Å². The lowest BCUT2D eigenvalue weighted by Crippen LogP contribution is -2.42. The first kappa shape index (κ1) is 20.7. The number of aryl methyl sites for hydroxylation is 1. The second-order valence-corrected chi connectivity index (χ2v) is 8.15. The Morgan fingerprint density at radius 2 is 1.71 bits per heavy atom. The van der Waals surface area contributed by atoms with Gasteiger partial charge in [0.1, 0.15) is 6.54 Å². The molecule has 0 unspecified atom stereocenters. The van der Waals surface area contributed by atoms with Crippen molar-refractivity contribution in [3.63, 3.8) is 0 Å². The molecule has 4 rings (SSSR count). The Hall–Kier alpha value is -3.58. The molecule has 1 aliphatic heterocycles. The number of thioether (sulfide) groups is 1. The Bertz CT molecular complexity index is 1140. The molecule has 1 heterocycles. The highest BCUT2D eigenvalue weighted by Gasteiger charge is 2.27. The van der Waals surface area contributed by atoms with Gasteiger partial charge in [-0.2, -0.15) is 0 Å². The summed E-state index contributed by atoms with van der Waals surface area (Å²) in [6.45, 7) is 1.98. The molecule has 0 atom stereocenters. The fourth-order valence-corrected chi connectivity index (χ4v) is 4.15. The number of nitrogens with one attached hydrogen (secondary N) is 2. The molecule has 0 aromatic heterocycles. The molecule has 0 fully saturated rings. The van der Waals surface area contributed by atoms with Crippen LogP contribution in [0.3, 0.4) is 0 Å². The van der Waals surface area contributed by atoms with Crippen LogP contribution in [-0.4, -0.2) is 30.0 Å². The van der Waals surface area contributed by atoms with Crippen molar-refractivity contribution in [2.24, 2.45) is 0 Å². The molecule has 0 saturated carbocycles. The van der Waals surface area contributed by atoms with E-state index >= 15 is 0 Å². The number of carbonyl (C=O) groups excluding carboxylic acids is 3. The third kappa shape index (κ3) is 4.78. The minimum Gasteiger partial charge on any atom is -0.325 e. The molecule has 7 heteroatoms. The number of fused-ring (bicyclic) bond motifs is 1. The summed E-state index contributed by atoms with van der Waals surface area (Å²) >= 11 is 1.48. The largest absolute Gasteiger partial charge is 0.325 e. The Balaban J connectivity index is 1.40. The number of carbonyl (C=O) groups is 3. The van der Waals surface area contributed by atoms with Crippen LogP contribution in [0, 0.1) is 6.92 Å². The highest BCUT2D eigenvalue weighted by molar-refractivity contribution is 8.00. The summed E-state index contributed by atoms with van der Waals surface area (Å²) in [5.41, 5.74) is 3.47. The number of hydrogen-bond acceptors (Lipinski definition) is 4. The van der Waals surface area contributed by atoms with Gasteiger partial charge in [-0.05, 0) is 55.0 Å². The smallest absolute Gasteiger partial charge is 0.258 e. The molecule has 0 radical (unpaired) electrons. The Morgan fingerprint density at radius 3 is 2.48 bits per heavy atom. The van der Waals surface area contributed by atoms with E-state index in [0.717, 1.165) is 10.5 Å². The van der Waals surface area contributed by atoms with Crippen LogP contribution in [0.5, 0.6) is 0 Å². The molecule has 0 aliphatic carbocycles. The molecule has 3 aromatic carbocycles. The van der Waals surface area contributed by atoms with Gasteiger partial charge in [0, 0.05) is 16.1 Å². The maximum Gasteiger partial charge on any atom is 0.258 e. The molecule has 0 spiro atoms. The molecule has 0 saturated heterocycles. The Labute approximate surface area is 184 Å². The van der Waals surface area contributed by atoms with Crippen LogP contribution in [0.4, 0.5) is 17.1 Å². The number of anilines is 3. The van der Waals surface area contributed by atoms with Gasteiger partial charge in [0.25, 0.3) is 5.91 Å².